The highest BCUT2D eigenvalue weighted by atomic mass is 35.5. The summed E-state index contributed by atoms with van der Waals surface area (Å²) >= 11 is 5.86. The fourth-order valence-corrected chi connectivity index (χ4v) is 4.26. The highest BCUT2D eigenvalue weighted by molar-refractivity contribution is 7.89. The molecule has 7 nitrogen and oxygen atoms in total. The zero-order chi connectivity index (χ0) is 17.5. The number of fused-ring (bicyclic) bond motifs is 1. The van der Waals surface area contributed by atoms with E-state index in [-0.39, 0.29) is 28.8 Å². The van der Waals surface area contributed by atoms with Gasteiger partial charge in [-0.2, -0.15) is 4.31 Å². The number of halogens is 2. The second-order valence-electron chi connectivity index (χ2n) is 5.11. The summed E-state index contributed by atoms with van der Waals surface area (Å²) in [5, 5.41) is -0.201. The minimum Gasteiger partial charge on any atom is -0.363 e. The van der Waals surface area contributed by atoms with Crippen molar-refractivity contribution in [2.24, 2.45) is 5.73 Å². The summed E-state index contributed by atoms with van der Waals surface area (Å²) < 4.78 is 39.7. The quantitative estimate of drug-likeness (QED) is 0.865. The van der Waals surface area contributed by atoms with Crippen molar-refractivity contribution in [3.05, 3.63) is 52.3 Å². The molecule has 1 aliphatic heterocycles. The maximum atomic E-state index is 13.1. The topological polar surface area (TPSA) is 106 Å². The number of nitrogens with two attached hydrogens (primary N) is 1. The van der Waals surface area contributed by atoms with Gasteiger partial charge < -0.3 is 5.73 Å². The minimum atomic E-state index is -3.94. The van der Waals surface area contributed by atoms with E-state index in [1.54, 1.807) is 0 Å². The highest BCUT2D eigenvalue weighted by Gasteiger charge is 2.31. The van der Waals surface area contributed by atoms with Gasteiger partial charge in [-0.15, -0.1) is 0 Å². The number of sulfonamides is 1. The molecule has 0 unspecified atom stereocenters. The van der Waals surface area contributed by atoms with Crippen molar-refractivity contribution in [3.8, 4) is 0 Å². The van der Waals surface area contributed by atoms with Crippen LogP contribution in [0, 0.1) is 12.0 Å². The standard InChI is InChI=1S/C14H11ClFN4O3S/c15-10-5-9(16)1-2-12(10)24(22,23)20-4-3-8-6-18-14(13(17)21)19-11(8)7-20/h1-2,5H,3-4,7H2,(H2,17,21). The summed E-state index contributed by atoms with van der Waals surface area (Å²) in [5.74, 6) is -1.68. The van der Waals surface area contributed by atoms with Gasteiger partial charge in [0.25, 0.3) is 5.91 Å². The predicted octanol–water partition coefficient (Wildman–Crippen LogP) is 0.915. The molecule has 1 radical (unpaired) electrons. The van der Waals surface area contributed by atoms with Crippen LogP contribution in [0.25, 0.3) is 0 Å². The normalized spacial score (nSPS) is 15.1. The van der Waals surface area contributed by atoms with E-state index in [0.717, 1.165) is 22.5 Å². The van der Waals surface area contributed by atoms with Crippen LogP contribution in [-0.4, -0.2) is 35.1 Å². The Bertz CT molecular complexity index is 936. The van der Waals surface area contributed by atoms with E-state index in [1.807, 2.05) is 0 Å². The van der Waals surface area contributed by atoms with Crippen molar-refractivity contribution in [2.75, 3.05) is 6.54 Å². The highest BCUT2D eigenvalue weighted by Crippen LogP contribution is 2.28. The number of hydrogen-bond donors (Lipinski definition) is 1. The second kappa shape index (κ2) is 6.08. The maximum Gasteiger partial charge on any atom is 0.286 e. The summed E-state index contributed by atoms with van der Waals surface area (Å²) in [6.45, 7) is 0.0868. The Morgan fingerprint density at radius 2 is 2.17 bits per heavy atom. The van der Waals surface area contributed by atoms with Gasteiger partial charge in [0, 0.05) is 12.1 Å². The van der Waals surface area contributed by atoms with Crippen molar-refractivity contribution in [1.82, 2.24) is 14.3 Å². The largest absolute Gasteiger partial charge is 0.363 e. The Morgan fingerprint density at radius 1 is 1.42 bits per heavy atom. The van der Waals surface area contributed by atoms with E-state index < -0.39 is 21.7 Å². The third kappa shape index (κ3) is 2.97. The molecule has 2 aromatic rings. The van der Waals surface area contributed by atoms with Crippen LogP contribution in [0.3, 0.4) is 0 Å². The monoisotopic (exact) mass is 369 g/mol. The number of aromatic nitrogens is 2. The molecule has 24 heavy (non-hydrogen) atoms. The molecule has 0 aliphatic carbocycles. The van der Waals surface area contributed by atoms with Crippen LogP contribution < -0.4 is 5.73 Å². The van der Waals surface area contributed by atoms with Gasteiger partial charge in [-0.25, -0.2) is 22.8 Å². The second-order valence-corrected chi connectivity index (χ2v) is 7.43. The third-order valence-corrected chi connectivity index (χ3v) is 5.88. The molecule has 0 spiro atoms. The number of carbonyl (C=O) groups excluding carboxylic acids is 1. The van der Waals surface area contributed by atoms with Gasteiger partial charge in [-0.05, 0) is 24.6 Å². The molecular weight excluding hydrogens is 359 g/mol. The number of nitrogens with zero attached hydrogens (tertiary/aromatic N) is 3. The molecule has 125 valence electrons. The zero-order valence-corrected chi connectivity index (χ0v) is 13.7. The van der Waals surface area contributed by atoms with Crippen molar-refractivity contribution < 1.29 is 17.6 Å². The van der Waals surface area contributed by atoms with Crippen LogP contribution in [0.1, 0.15) is 21.9 Å². The van der Waals surface area contributed by atoms with Crippen LogP contribution in [-0.2, 0) is 23.0 Å². The van der Waals surface area contributed by atoms with Crippen LogP contribution in [0.4, 0.5) is 4.39 Å². The average Bonchev–Trinajstić information content (AvgIpc) is 2.53. The summed E-state index contributed by atoms with van der Waals surface area (Å²) in [4.78, 5) is 18.7. The lowest BCUT2D eigenvalue weighted by Gasteiger charge is -2.27. The zero-order valence-electron chi connectivity index (χ0n) is 12.2. The number of primary amides is 1. The van der Waals surface area contributed by atoms with E-state index in [4.69, 9.17) is 17.3 Å². The van der Waals surface area contributed by atoms with Gasteiger partial charge in [0.1, 0.15) is 10.7 Å². The molecule has 0 bridgehead atoms. The molecule has 2 heterocycles. The molecule has 0 saturated heterocycles. The third-order valence-electron chi connectivity index (χ3n) is 3.56. The predicted molar refractivity (Wildman–Crippen MR) is 82.1 cm³/mol. The molecule has 2 N–H and O–H groups in total. The van der Waals surface area contributed by atoms with Crippen LogP contribution in [0.5, 0.6) is 0 Å². The Hall–Kier alpha value is -2.10. The molecule has 1 aromatic carbocycles. The Labute approximate surface area is 142 Å². The van der Waals surface area contributed by atoms with Crippen LogP contribution in [0.2, 0.25) is 5.02 Å². The van der Waals surface area contributed by atoms with E-state index in [9.17, 15) is 17.6 Å². The Balaban J connectivity index is 1.96. The Morgan fingerprint density at radius 3 is 2.83 bits per heavy atom. The maximum absolute atomic E-state index is 13.1. The number of amides is 1. The average molecular weight is 370 g/mol. The van der Waals surface area contributed by atoms with E-state index in [0.29, 0.717) is 17.7 Å². The van der Waals surface area contributed by atoms with E-state index in [1.165, 1.54) is 0 Å². The van der Waals surface area contributed by atoms with Gasteiger partial charge in [-0.1, -0.05) is 11.6 Å². The van der Waals surface area contributed by atoms with Gasteiger partial charge in [0.2, 0.25) is 15.8 Å². The van der Waals surface area contributed by atoms with Gasteiger partial charge in [0.05, 0.1) is 23.5 Å². The van der Waals surface area contributed by atoms with Crippen molar-refractivity contribution in [3.63, 3.8) is 0 Å². The van der Waals surface area contributed by atoms with E-state index in [2.05, 4.69) is 16.2 Å². The summed E-state index contributed by atoms with van der Waals surface area (Å²) in [7, 11) is -3.94. The first-order chi connectivity index (χ1) is 11.3. The van der Waals surface area contributed by atoms with Crippen LogP contribution in [0.15, 0.2) is 23.1 Å². The van der Waals surface area contributed by atoms with Gasteiger partial charge in [-0.3, -0.25) is 4.79 Å². The van der Waals surface area contributed by atoms with Crippen LogP contribution >= 0.6 is 11.6 Å². The molecule has 0 atom stereocenters. The molecular formula is C14H11ClFN4O3S. The Kier molecular flexibility index (Phi) is 4.24. The fourth-order valence-electron chi connectivity index (χ4n) is 2.36. The van der Waals surface area contributed by atoms with Crippen molar-refractivity contribution >= 4 is 27.5 Å². The van der Waals surface area contributed by atoms with E-state index >= 15 is 0 Å². The molecule has 0 saturated carbocycles. The lowest BCUT2D eigenvalue weighted by molar-refractivity contribution is 0.0989. The summed E-state index contributed by atoms with van der Waals surface area (Å²) in [6, 6.07) is 3.08. The molecule has 0 fully saturated rings. The van der Waals surface area contributed by atoms with Crippen molar-refractivity contribution in [1.29, 1.82) is 0 Å². The molecule has 1 amide bonds. The SMILES string of the molecule is NC(=O)c1n[c]c2c(n1)CN(S(=O)(=O)c1ccc(F)cc1Cl)CC2. The number of rotatable bonds is 3. The van der Waals surface area contributed by atoms with Crippen molar-refractivity contribution in [2.45, 2.75) is 17.9 Å². The first-order valence-corrected chi connectivity index (χ1v) is 8.63. The molecule has 1 aromatic heterocycles. The first-order valence-electron chi connectivity index (χ1n) is 6.81. The lowest BCUT2D eigenvalue weighted by Crippen LogP contribution is -2.37. The summed E-state index contributed by atoms with van der Waals surface area (Å²) in [6.07, 6.45) is 2.98. The van der Waals surface area contributed by atoms with Gasteiger partial charge >= 0.3 is 0 Å². The molecule has 3 rings (SSSR count). The molecule has 1 aliphatic rings. The summed E-state index contributed by atoms with van der Waals surface area (Å²) in [5.41, 5.74) is 6.10. The minimum absolute atomic E-state index is 0.0787. The fraction of sp³-hybridized carbons (Fsp3) is 0.214. The van der Waals surface area contributed by atoms with Gasteiger partial charge in [0.15, 0.2) is 0 Å². The smallest absolute Gasteiger partial charge is 0.286 e. The number of carbonyl (C=O) groups is 1. The number of hydrogen-bond acceptors (Lipinski definition) is 5. The first kappa shape index (κ1) is 16.7. The molecule has 10 heteroatoms. The lowest BCUT2D eigenvalue weighted by atomic mass is 10.1. The number of benzene rings is 1.